The summed E-state index contributed by atoms with van der Waals surface area (Å²) in [4.78, 5) is 16.7. The molecule has 0 spiro atoms. The maximum absolute atomic E-state index is 13.0. The average molecular weight is 288 g/mol. The van der Waals surface area contributed by atoms with Crippen molar-refractivity contribution in [1.29, 1.82) is 0 Å². The molecule has 0 aliphatic rings. The van der Waals surface area contributed by atoms with E-state index in [0.717, 1.165) is 6.07 Å². The fraction of sp³-hybridized carbons (Fsp3) is 0.385. The van der Waals surface area contributed by atoms with Crippen molar-refractivity contribution >= 4 is 23.3 Å². The number of esters is 1. The second kappa shape index (κ2) is 7.74. The van der Waals surface area contributed by atoms with Gasteiger partial charge in [-0.05, 0) is 31.5 Å². The number of benzene rings is 1. The highest BCUT2D eigenvalue weighted by molar-refractivity contribution is 6.47. The Hall–Kier alpha value is -1.62. The summed E-state index contributed by atoms with van der Waals surface area (Å²) < 4.78 is 18.0. The minimum absolute atomic E-state index is 0.0692. The molecule has 4 nitrogen and oxygen atoms in total. The number of hydrogen-bond acceptors (Lipinski definition) is 4. The van der Waals surface area contributed by atoms with E-state index >= 15 is 0 Å². The summed E-state index contributed by atoms with van der Waals surface area (Å²) in [5, 5.41) is 3.77. The van der Waals surface area contributed by atoms with Crippen LogP contribution in [0.25, 0.3) is 0 Å². The van der Waals surface area contributed by atoms with E-state index in [1.165, 1.54) is 12.1 Å². The molecule has 0 aromatic heterocycles. The lowest BCUT2D eigenvalue weighted by atomic mass is 10.1. The van der Waals surface area contributed by atoms with Crippen LogP contribution in [0.2, 0.25) is 5.02 Å². The average Bonchev–Trinajstić information content (AvgIpc) is 2.38. The lowest BCUT2D eigenvalue weighted by Gasteiger charge is -2.08. The molecule has 0 aliphatic carbocycles. The molecule has 0 amide bonds. The van der Waals surface area contributed by atoms with E-state index in [9.17, 15) is 9.18 Å². The minimum atomic E-state index is -0.649. The highest BCUT2D eigenvalue weighted by atomic mass is 35.5. The van der Waals surface area contributed by atoms with Crippen LogP contribution in [0, 0.1) is 5.82 Å². The summed E-state index contributed by atoms with van der Waals surface area (Å²) in [6.45, 7) is 4.16. The molecule has 1 aromatic rings. The lowest BCUT2D eigenvalue weighted by Crippen LogP contribution is -2.20. The maximum Gasteiger partial charge on any atom is 0.361 e. The summed E-state index contributed by atoms with van der Waals surface area (Å²) >= 11 is 5.90. The Morgan fingerprint density at radius 1 is 1.42 bits per heavy atom. The van der Waals surface area contributed by atoms with E-state index < -0.39 is 11.8 Å². The minimum Gasteiger partial charge on any atom is -0.461 e. The van der Waals surface area contributed by atoms with Crippen LogP contribution in [-0.4, -0.2) is 24.9 Å². The van der Waals surface area contributed by atoms with E-state index in [-0.39, 0.29) is 22.9 Å². The number of nitrogens with zero attached hydrogens (tertiary/aromatic N) is 1. The monoisotopic (exact) mass is 287 g/mol. The highest BCUT2D eigenvalue weighted by Gasteiger charge is 2.20. The molecule has 1 rings (SSSR count). The van der Waals surface area contributed by atoms with Crippen LogP contribution >= 0.6 is 11.6 Å². The van der Waals surface area contributed by atoms with Crippen LogP contribution in [0.5, 0.6) is 0 Å². The van der Waals surface area contributed by atoms with Gasteiger partial charge in [0.05, 0.1) is 11.6 Å². The summed E-state index contributed by atoms with van der Waals surface area (Å²) in [7, 11) is 0. The van der Waals surface area contributed by atoms with E-state index in [2.05, 4.69) is 5.16 Å². The predicted molar refractivity (Wildman–Crippen MR) is 70.8 cm³/mol. The third-order valence-electron chi connectivity index (χ3n) is 2.10. The fourth-order valence-electron chi connectivity index (χ4n) is 1.27. The molecule has 0 atom stereocenters. The molecule has 0 bridgehead atoms. The van der Waals surface area contributed by atoms with Crippen LogP contribution < -0.4 is 0 Å². The largest absolute Gasteiger partial charge is 0.461 e. The first-order valence-electron chi connectivity index (χ1n) is 5.92. The Kier molecular flexibility index (Phi) is 6.29. The summed E-state index contributed by atoms with van der Waals surface area (Å²) in [5.74, 6) is -1.14. The van der Waals surface area contributed by atoms with Gasteiger partial charge in [-0.15, -0.1) is 0 Å². The first-order valence-corrected chi connectivity index (χ1v) is 6.30. The van der Waals surface area contributed by atoms with Gasteiger partial charge in [-0.3, -0.25) is 0 Å². The molecule has 0 radical (unpaired) electrons. The molecule has 6 heteroatoms. The first kappa shape index (κ1) is 15.4. The molecule has 0 saturated carbocycles. The Bertz CT molecular complexity index is 477. The van der Waals surface area contributed by atoms with Crippen LogP contribution in [0.3, 0.4) is 0 Å². The maximum atomic E-state index is 13.0. The van der Waals surface area contributed by atoms with E-state index in [1.54, 1.807) is 6.92 Å². The van der Waals surface area contributed by atoms with Crippen molar-refractivity contribution in [3.63, 3.8) is 0 Å². The number of carbonyl (C=O) groups is 1. The van der Waals surface area contributed by atoms with Crippen molar-refractivity contribution in [2.75, 3.05) is 13.2 Å². The third kappa shape index (κ3) is 4.52. The van der Waals surface area contributed by atoms with E-state index in [4.69, 9.17) is 21.2 Å². The van der Waals surface area contributed by atoms with Crippen molar-refractivity contribution < 1.29 is 18.8 Å². The summed E-state index contributed by atoms with van der Waals surface area (Å²) in [6.07, 6.45) is 0.685. The molecule has 0 N–H and O–H groups in total. The highest BCUT2D eigenvalue weighted by Crippen LogP contribution is 2.19. The Morgan fingerprint density at radius 3 is 2.74 bits per heavy atom. The fourth-order valence-corrected chi connectivity index (χ4v) is 1.53. The Balaban J connectivity index is 3.06. The number of carbonyl (C=O) groups excluding carboxylic acids is 1. The van der Waals surface area contributed by atoms with Crippen molar-refractivity contribution in [2.24, 2.45) is 5.16 Å². The SMILES string of the molecule is CCCOC(=O)C(=NOCC)c1ccc(F)cc1Cl. The smallest absolute Gasteiger partial charge is 0.361 e. The lowest BCUT2D eigenvalue weighted by molar-refractivity contribution is -0.135. The van der Waals surface area contributed by atoms with Gasteiger partial charge in [0.15, 0.2) is 5.71 Å². The second-order valence-corrected chi connectivity index (χ2v) is 4.02. The van der Waals surface area contributed by atoms with Gasteiger partial charge in [-0.1, -0.05) is 23.7 Å². The van der Waals surface area contributed by atoms with Gasteiger partial charge in [0.25, 0.3) is 0 Å². The second-order valence-electron chi connectivity index (χ2n) is 3.62. The van der Waals surface area contributed by atoms with Crippen LogP contribution in [0.1, 0.15) is 25.8 Å². The van der Waals surface area contributed by atoms with Gasteiger partial charge >= 0.3 is 5.97 Å². The van der Waals surface area contributed by atoms with Crippen LogP contribution in [0.4, 0.5) is 4.39 Å². The van der Waals surface area contributed by atoms with Crippen molar-refractivity contribution in [1.82, 2.24) is 0 Å². The first-order chi connectivity index (χ1) is 9.10. The number of halogens is 2. The van der Waals surface area contributed by atoms with Gasteiger partial charge in [-0.2, -0.15) is 0 Å². The Labute approximate surface area is 116 Å². The van der Waals surface area contributed by atoms with Gasteiger partial charge in [0.2, 0.25) is 0 Å². The van der Waals surface area contributed by atoms with Crippen molar-refractivity contribution in [3.05, 3.63) is 34.6 Å². The molecule has 0 heterocycles. The zero-order valence-electron chi connectivity index (χ0n) is 10.8. The zero-order chi connectivity index (χ0) is 14.3. The van der Waals surface area contributed by atoms with E-state index in [0.29, 0.717) is 13.0 Å². The molecule has 0 aliphatic heterocycles. The van der Waals surface area contributed by atoms with E-state index in [1.807, 2.05) is 6.92 Å². The molecule has 19 heavy (non-hydrogen) atoms. The number of oxime groups is 1. The van der Waals surface area contributed by atoms with Crippen molar-refractivity contribution in [3.8, 4) is 0 Å². The number of hydrogen-bond donors (Lipinski definition) is 0. The van der Waals surface area contributed by atoms with Gasteiger partial charge in [0, 0.05) is 5.56 Å². The van der Waals surface area contributed by atoms with Gasteiger partial charge in [0.1, 0.15) is 12.4 Å². The number of rotatable bonds is 6. The molecule has 1 aromatic carbocycles. The topological polar surface area (TPSA) is 47.9 Å². The molecular formula is C13H15ClFNO3. The molecule has 0 unspecified atom stereocenters. The normalized spacial score (nSPS) is 11.3. The van der Waals surface area contributed by atoms with Crippen LogP contribution in [-0.2, 0) is 14.4 Å². The summed E-state index contributed by atoms with van der Waals surface area (Å²) in [6, 6.07) is 3.66. The molecular weight excluding hydrogens is 273 g/mol. The van der Waals surface area contributed by atoms with Crippen molar-refractivity contribution in [2.45, 2.75) is 20.3 Å². The third-order valence-corrected chi connectivity index (χ3v) is 2.41. The Morgan fingerprint density at radius 2 is 2.16 bits per heavy atom. The predicted octanol–water partition coefficient (Wildman–Crippen LogP) is 3.17. The quantitative estimate of drug-likeness (QED) is 0.459. The zero-order valence-corrected chi connectivity index (χ0v) is 11.5. The molecule has 0 saturated heterocycles. The van der Waals surface area contributed by atoms with Gasteiger partial charge < -0.3 is 9.57 Å². The molecule has 104 valence electrons. The standard InChI is InChI=1S/C13H15ClFNO3/c1-3-7-18-13(17)12(16-19-4-2)10-6-5-9(15)8-11(10)14/h5-6,8H,3-4,7H2,1-2H3. The molecule has 0 fully saturated rings. The van der Waals surface area contributed by atoms with Crippen LogP contribution in [0.15, 0.2) is 23.4 Å². The number of ether oxygens (including phenoxy) is 1. The van der Waals surface area contributed by atoms with Gasteiger partial charge in [-0.25, -0.2) is 9.18 Å². The summed E-state index contributed by atoms with van der Waals surface area (Å²) in [5.41, 5.74) is 0.206.